The van der Waals surface area contributed by atoms with Crippen LogP contribution in [-0.4, -0.2) is 95.1 Å². The van der Waals surface area contributed by atoms with Gasteiger partial charge in [-0.1, -0.05) is 24.3 Å². The highest BCUT2D eigenvalue weighted by Crippen LogP contribution is 2.73. The van der Waals surface area contributed by atoms with E-state index in [0.29, 0.717) is 12.2 Å². The molecular weight excluding hydrogens is 536 g/mol. The number of carboxylic acid groups (broad SMARTS) is 2. The lowest BCUT2D eigenvalue weighted by Gasteiger charge is -2.71. The Morgan fingerprint density at radius 1 is 1.17 bits per heavy atom. The molecule has 1 amide bonds. The van der Waals surface area contributed by atoms with Crippen LogP contribution in [0.5, 0.6) is 11.5 Å². The lowest BCUT2D eigenvalue weighted by atomic mass is 9.38. The van der Waals surface area contributed by atoms with E-state index in [1.807, 2.05) is 12.1 Å². The molecule has 1 saturated carbocycles. The number of carbonyl (C=O) groups is 4. The van der Waals surface area contributed by atoms with E-state index in [0.717, 1.165) is 37.6 Å². The number of benzene rings is 1. The molecule has 12 nitrogen and oxygen atoms in total. The number of carboxylic acids is 2. The highest BCUT2D eigenvalue weighted by Gasteiger charge is 2.79. The first-order valence-electron chi connectivity index (χ1n) is 13.2. The van der Waals surface area contributed by atoms with Crippen LogP contribution in [0.25, 0.3) is 0 Å². The van der Waals surface area contributed by atoms with E-state index in [9.17, 15) is 14.7 Å². The van der Waals surface area contributed by atoms with Crippen molar-refractivity contribution in [3.05, 3.63) is 60.2 Å². The summed E-state index contributed by atoms with van der Waals surface area (Å²) in [5, 5.41) is 28.7. The maximum Gasteiger partial charge on any atom is 0.414 e. The van der Waals surface area contributed by atoms with Crippen molar-refractivity contribution in [3.8, 4) is 11.5 Å². The second-order valence-electron chi connectivity index (χ2n) is 10.8. The lowest BCUT2D eigenvalue weighted by molar-refractivity contribution is -0.201. The SMILES string of the molecule is C=CCN1CC[C@]23c4c5ccc(O)c4O[C@H]2C2(OC)C=C[C@@]3(C[C@@H]2NC(=O)/C=C/C(=O)OC)[C@H]1C5.O=C(O)C(=O)O. The van der Waals surface area contributed by atoms with Crippen LogP contribution in [0.1, 0.15) is 24.0 Å². The zero-order chi connectivity index (χ0) is 29.7. The summed E-state index contributed by atoms with van der Waals surface area (Å²) in [6, 6.07) is 3.54. The van der Waals surface area contributed by atoms with Crippen molar-refractivity contribution in [3.63, 3.8) is 0 Å². The molecule has 7 rings (SSSR count). The Bertz CT molecular complexity index is 1380. The third kappa shape index (κ3) is 3.88. The molecule has 12 heteroatoms. The first-order valence-corrected chi connectivity index (χ1v) is 13.2. The maximum absolute atomic E-state index is 12.9. The van der Waals surface area contributed by atoms with Gasteiger partial charge >= 0.3 is 17.9 Å². The van der Waals surface area contributed by atoms with Gasteiger partial charge in [0.1, 0.15) is 11.7 Å². The number of nitrogens with zero attached hydrogens (tertiary/aromatic N) is 1. The molecule has 2 fully saturated rings. The van der Waals surface area contributed by atoms with Gasteiger partial charge in [-0.15, -0.1) is 6.58 Å². The Labute approximate surface area is 235 Å². The number of ether oxygens (including phenoxy) is 3. The lowest BCUT2D eigenvalue weighted by Crippen LogP contribution is -2.82. The van der Waals surface area contributed by atoms with Crippen LogP contribution < -0.4 is 10.1 Å². The number of phenolic OH excluding ortho intramolecular Hbond substituents is 1. The molecule has 2 heterocycles. The van der Waals surface area contributed by atoms with Crippen molar-refractivity contribution in [1.29, 1.82) is 0 Å². The predicted octanol–water partition coefficient (Wildman–Crippen LogP) is 0.922. The highest BCUT2D eigenvalue weighted by atomic mass is 16.6. The van der Waals surface area contributed by atoms with E-state index >= 15 is 0 Å². The average molecular weight is 569 g/mol. The van der Waals surface area contributed by atoms with Crippen LogP contribution in [-0.2, 0) is 40.5 Å². The number of hydrogen-bond donors (Lipinski definition) is 4. The normalized spacial score (nSPS) is 33.2. The molecule has 6 aliphatic rings. The van der Waals surface area contributed by atoms with Gasteiger partial charge in [-0.25, -0.2) is 14.4 Å². The zero-order valence-electron chi connectivity index (χ0n) is 22.7. The fourth-order valence-corrected chi connectivity index (χ4v) is 7.91. The molecule has 1 aromatic rings. The number of likely N-dealkylation sites (tertiary alicyclic amines) is 1. The number of amides is 1. The van der Waals surface area contributed by atoms with Gasteiger partial charge < -0.3 is 34.8 Å². The summed E-state index contributed by atoms with van der Waals surface area (Å²) < 4.78 is 17.5. The van der Waals surface area contributed by atoms with Gasteiger partial charge in [-0.3, -0.25) is 9.69 Å². The van der Waals surface area contributed by atoms with Crippen LogP contribution in [0.3, 0.4) is 0 Å². The van der Waals surface area contributed by atoms with E-state index in [1.54, 1.807) is 13.2 Å². The van der Waals surface area contributed by atoms with E-state index in [4.69, 9.17) is 29.3 Å². The molecule has 2 spiro atoms. The number of aliphatic carboxylic acids is 2. The van der Waals surface area contributed by atoms with Crippen molar-refractivity contribution in [1.82, 2.24) is 10.2 Å². The number of phenols is 1. The van der Waals surface area contributed by atoms with Crippen molar-refractivity contribution in [2.75, 3.05) is 27.3 Å². The minimum atomic E-state index is -1.82. The minimum Gasteiger partial charge on any atom is -0.504 e. The second kappa shape index (κ2) is 10.0. The predicted molar refractivity (Wildman–Crippen MR) is 142 cm³/mol. The summed E-state index contributed by atoms with van der Waals surface area (Å²) in [6.07, 6.45) is 10.5. The Morgan fingerprint density at radius 3 is 2.54 bits per heavy atom. The van der Waals surface area contributed by atoms with Gasteiger partial charge in [0.2, 0.25) is 5.91 Å². The molecular formula is C29H32N2O10. The van der Waals surface area contributed by atoms with E-state index in [2.05, 4.69) is 33.7 Å². The number of piperidine rings is 1. The molecule has 4 bridgehead atoms. The Hall–Kier alpha value is -4.16. The van der Waals surface area contributed by atoms with Gasteiger partial charge in [0.15, 0.2) is 11.5 Å². The molecule has 0 aromatic heterocycles. The summed E-state index contributed by atoms with van der Waals surface area (Å²) in [5.74, 6) is -3.95. The number of nitrogens with one attached hydrogen (secondary N) is 1. The quantitative estimate of drug-likeness (QED) is 0.166. The summed E-state index contributed by atoms with van der Waals surface area (Å²) in [4.78, 5) is 45.1. The summed E-state index contributed by atoms with van der Waals surface area (Å²) in [7, 11) is 2.91. The summed E-state index contributed by atoms with van der Waals surface area (Å²) in [6.45, 7) is 5.65. The zero-order valence-corrected chi connectivity index (χ0v) is 22.7. The summed E-state index contributed by atoms with van der Waals surface area (Å²) in [5.41, 5.74) is 0.693. The van der Waals surface area contributed by atoms with Gasteiger partial charge in [0.05, 0.1) is 18.6 Å². The molecule has 4 aliphatic carbocycles. The largest absolute Gasteiger partial charge is 0.504 e. The molecule has 6 atom stereocenters. The number of carbonyl (C=O) groups excluding carboxylic acids is 2. The maximum atomic E-state index is 12.9. The van der Waals surface area contributed by atoms with Crippen molar-refractivity contribution < 1.29 is 48.7 Å². The van der Waals surface area contributed by atoms with E-state index in [1.165, 1.54) is 18.7 Å². The van der Waals surface area contributed by atoms with Gasteiger partial charge in [-0.05, 0) is 37.4 Å². The molecule has 41 heavy (non-hydrogen) atoms. The van der Waals surface area contributed by atoms with E-state index in [-0.39, 0.29) is 22.6 Å². The monoisotopic (exact) mass is 568 g/mol. The molecule has 1 saturated heterocycles. The number of methoxy groups -OCH3 is 2. The number of fused-ring (bicyclic) bond motifs is 1. The van der Waals surface area contributed by atoms with Crippen molar-refractivity contribution >= 4 is 23.8 Å². The Balaban J connectivity index is 0.000000511. The molecule has 1 aromatic carbocycles. The number of rotatable bonds is 6. The van der Waals surface area contributed by atoms with Crippen LogP contribution >= 0.6 is 0 Å². The topological polar surface area (TPSA) is 172 Å². The van der Waals surface area contributed by atoms with Crippen molar-refractivity contribution in [2.24, 2.45) is 5.41 Å². The number of aromatic hydroxyl groups is 1. The fourth-order valence-electron chi connectivity index (χ4n) is 7.91. The fraction of sp³-hybridized carbons (Fsp3) is 0.448. The molecule has 0 radical (unpaired) electrons. The van der Waals surface area contributed by atoms with Crippen LogP contribution in [0.2, 0.25) is 0 Å². The third-order valence-electron chi connectivity index (χ3n) is 9.35. The van der Waals surface area contributed by atoms with Crippen LogP contribution in [0, 0.1) is 5.41 Å². The van der Waals surface area contributed by atoms with Gasteiger partial charge in [-0.2, -0.15) is 0 Å². The Morgan fingerprint density at radius 2 is 1.90 bits per heavy atom. The average Bonchev–Trinajstić information content (AvgIpc) is 3.32. The Kier molecular flexibility index (Phi) is 6.94. The summed E-state index contributed by atoms with van der Waals surface area (Å²) >= 11 is 0. The molecule has 2 aliphatic heterocycles. The number of hydrogen-bond acceptors (Lipinski definition) is 9. The van der Waals surface area contributed by atoms with Crippen LogP contribution in [0.4, 0.5) is 0 Å². The molecule has 1 unspecified atom stereocenters. The van der Waals surface area contributed by atoms with Gasteiger partial charge in [0, 0.05) is 42.8 Å². The first-order chi connectivity index (χ1) is 19.5. The third-order valence-corrected chi connectivity index (χ3v) is 9.35. The highest BCUT2D eigenvalue weighted by molar-refractivity contribution is 6.27. The minimum absolute atomic E-state index is 0.141. The van der Waals surface area contributed by atoms with Crippen LogP contribution in [0.15, 0.2) is 49.1 Å². The standard InChI is InChI=1S/C27H30N2O6.C2H2O4/c1-4-12-29-13-11-26-22-16-5-6-17(30)23(22)35-24(26)27(34-3)10-9-25(26,19(29)14-16)15-18(27)28-20(31)7-8-21(32)33-2;3-1(4)2(5)6/h4-10,18-19,24,30H,1,11-15H2,2-3H3,(H,28,31);(H,3,4)(H,5,6)/b8-7+;/t18-,19+,24+,25+,26-,27?;/m0./s1. The second-order valence-corrected chi connectivity index (χ2v) is 10.8. The van der Waals surface area contributed by atoms with Crippen molar-refractivity contribution in [2.45, 2.75) is 48.5 Å². The molecule has 218 valence electrons. The first kappa shape index (κ1) is 28.4. The van der Waals surface area contributed by atoms with E-state index < -0.39 is 41.6 Å². The number of esters is 1. The van der Waals surface area contributed by atoms with Gasteiger partial charge in [0.25, 0.3) is 0 Å². The molecule has 4 N–H and O–H groups in total. The smallest absolute Gasteiger partial charge is 0.414 e.